The van der Waals surface area contributed by atoms with Gasteiger partial charge >= 0.3 is 0 Å². The van der Waals surface area contributed by atoms with Crippen molar-refractivity contribution in [1.29, 1.82) is 0 Å². The molecule has 1 aromatic rings. The summed E-state index contributed by atoms with van der Waals surface area (Å²) in [5.74, 6) is 1.66. The Morgan fingerprint density at radius 3 is 1.87 bits per heavy atom. The van der Waals surface area contributed by atoms with E-state index >= 15 is 0 Å². The zero-order valence-electron chi connectivity index (χ0n) is 20.4. The van der Waals surface area contributed by atoms with Crippen LogP contribution in [0.15, 0.2) is 12.1 Å². The molecule has 1 radical (unpaired) electrons. The van der Waals surface area contributed by atoms with Gasteiger partial charge in [-0.15, -0.1) is 10.6 Å². The van der Waals surface area contributed by atoms with Crippen molar-refractivity contribution in [3.63, 3.8) is 0 Å². The molecule has 0 fully saturated rings. The van der Waals surface area contributed by atoms with Crippen LogP contribution in [0, 0.1) is 0 Å². The Kier molecular flexibility index (Phi) is 18.1. The third kappa shape index (κ3) is 13.4. The van der Waals surface area contributed by atoms with E-state index in [0.29, 0.717) is 39.8 Å². The molecular weight excluding hydrogens is 407 g/mol. The van der Waals surface area contributed by atoms with E-state index in [1.54, 1.807) is 0 Å². The van der Waals surface area contributed by atoms with E-state index in [0.717, 1.165) is 59.0 Å². The van der Waals surface area contributed by atoms with Crippen LogP contribution in [0.5, 0.6) is 11.5 Å². The van der Waals surface area contributed by atoms with E-state index in [1.165, 1.54) is 34.5 Å². The number of rotatable bonds is 17. The summed E-state index contributed by atoms with van der Waals surface area (Å²) >= 11 is 0.822. The molecule has 5 nitrogen and oxygen atoms in total. The van der Waals surface area contributed by atoms with Crippen LogP contribution in [-0.4, -0.2) is 55.0 Å². The van der Waals surface area contributed by atoms with Crippen molar-refractivity contribution in [2.45, 2.75) is 83.4 Å². The van der Waals surface area contributed by atoms with E-state index in [1.807, 2.05) is 6.07 Å². The van der Waals surface area contributed by atoms with Gasteiger partial charge in [0.2, 0.25) is 6.79 Å². The molecule has 1 aromatic carbocycles. The zero-order valence-corrected chi connectivity index (χ0v) is 21.5. The molecule has 0 spiro atoms. The fourth-order valence-corrected chi connectivity index (χ4v) is 4.19. The Hall–Kier alpha value is -0.768. The highest BCUT2D eigenvalue weighted by Gasteiger charge is 2.16. The molecule has 177 valence electrons. The first-order chi connectivity index (χ1) is 15.3. The van der Waals surface area contributed by atoms with Crippen molar-refractivity contribution < 1.29 is 23.7 Å². The Labute approximate surface area is 196 Å². The molecule has 0 atom stereocenters. The number of fused-ring (bicyclic) bond motifs is 1. The lowest BCUT2D eigenvalue weighted by Gasteiger charge is -2.11. The molecule has 0 aromatic heterocycles. The predicted octanol–water partition coefficient (Wildman–Crippen LogP) is 6.06. The van der Waals surface area contributed by atoms with Crippen molar-refractivity contribution in [1.82, 2.24) is 0 Å². The first-order valence-electron chi connectivity index (χ1n) is 12.2. The Morgan fingerprint density at radius 1 is 0.710 bits per heavy atom. The van der Waals surface area contributed by atoms with Crippen molar-refractivity contribution in [3.8, 4) is 11.5 Å². The lowest BCUT2D eigenvalue weighted by molar-refractivity contribution is 0.0101. The predicted molar refractivity (Wildman–Crippen MR) is 129 cm³/mol. The molecule has 31 heavy (non-hydrogen) atoms. The number of hydrogen-bond acceptors (Lipinski definition) is 5. The molecule has 0 aliphatic carbocycles. The van der Waals surface area contributed by atoms with Crippen LogP contribution in [-0.2, 0) is 27.2 Å². The Balaban J connectivity index is 0.000000592. The van der Waals surface area contributed by atoms with Gasteiger partial charge in [-0.1, -0.05) is 53.4 Å². The second-order valence-electron chi connectivity index (χ2n) is 7.72. The third-order valence-electron chi connectivity index (χ3n) is 4.84. The normalized spacial score (nSPS) is 11.9. The standard InChI is InChI=1S/C19H30O5.2C3H7.Al/c1-3-5-7-20-8-9-21-10-11-22-14-17-13-19-18(23-15-24-19)12-16(17)6-4-2;2*1-3-2;/h12-13H,3-11,14-15H2,1-2H3;2*1,3H2,2H3;. The van der Waals surface area contributed by atoms with Crippen LogP contribution < -0.4 is 9.47 Å². The number of ether oxygens (including phenoxy) is 5. The molecule has 6 heteroatoms. The van der Waals surface area contributed by atoms with Crippen LogP contribution in [0.4, 0.5) is 0 Å². The zero-order chi connectivity index (χ0) is 22.6. The van der Waals surface area contributed by atoms with E-state index in [4.69, 9.17) is 23.7 Å². The highest BCUT2D eigenvalue weighted by molar-refractivity contribution is 6.35. The van der Waals surface area contributed by atoms with Gasteiger partial charge in [0.15, 0.2) is 26.7 Å². The topological polar surface area (TPSA) is 46.2 Å². The summed E-state index contributed by atoms with van der Waals surface area (Å²) in [4.78, 5) is 0. The number of hydrogen-bond donors (Lipinski definition) is 0. The van der Waals surface area contributed by atoms with Crippen LogP contribution in [0.3, 0.4) is 0 Å². The van der Waals surface area contributed by atoms with Crippen LogP contribution >= 0.6 is 0 Å². The van der Waals surface area contributed by atoms with Crippen LogP contribution in [0.25, 0.3) is 0 Å². The fourth-order valence-electron chi connectivity index (χ4n) is 3.08. The summed E-state index contributed by atoms with van der Waals surface area (Å²) in [6, 6.07) is 4.12. The van der Waals surface area contributed by atoms with Gasteiger partial charge in [0.05, 0.1) is 33.0 Å². The van der Waals surface area contributed by atoms with Crippen molar-refractivity contribution >= 4 is 15.2 Å². The number of unbranched alkanes of at least 4 members (excludes halogenated alkanes) is 1. The number of benzene rings is 1. The van der Waals surface area contributed by atoms with E-state index in [-0.39, 0.29) is 0 Å². The Bertz CT molecular complexity index is 549. The first kappa shape index (κ1) is 28.3. The molecule has 1 aliphatic rings. The van der Waals surface area contributed by atoms with Gasteiger partial charge in [0.25, 0.3) is 0 Å². The second kappa shape index (κ2) is 19.9. The summed E-state index contributed by atoms with van der Waals surface area (Å²) in [7, 11) is 0. The molecule has 0 bridgehead atoms. The van der Waals surface area contributed by atoms with Crippen molar-refractivity contribution in [3.05, 3.63) is 23.3 Å². The minimum atomic E-state index is 0.305. The summed E-state index contributed by atoms with van der Waals surface area (Å²) in [6.45, 7) is 13.0. The summed E-state index contributed by atoms with van der Waals surface area (Å²) in [5.41, 5.74) is 2.44. The van der Waals surface area contributed by atoms with Crippen LogP contribution in [0.2, 0.25) is 10.6 Å². The molecule has 0 N–H and O–H groups in total. The molecule has 2 rings (SSSR count). The van der Waals surface area contributed by atoms with Gasteiger partial charge in [-0.25, -0.2) is 0 Å². The fraction of sp³-hybridized carbons (Fsp3) is 0.760. The van der Waals surface area contributed by atoms with Crippen LogP contribution in [0.1, 0.15) is 70.9 Å². The smallest absolute Gasteiger partial charge is 0.231 e. The van der Waals surface area contributed by atoms with Gasteiger partial charge in [0, 0.05) is 6.61 Å². The maximum Gasteiger partial charge on any atom is 0.231 e. The van der Waals surface area contributed by atoms with Gasteiger partial charge < -0.3 is 23.7 Å². The third-order valence-corrected chi connectivity index (χ3v) is 6.81. The first-order valence-corrected chi connectivity index (χ1v) is 13.9. The minimum absolute atomic E-state index is 0.305. The minimum Gasteiger partial charge on any atom is -0.454 e. The maximum absolute atomic E-state index is 5.75. The summed E-state index contributed by atoms with van der Waals surface area (Å²) in [6.07, 6.45) is 7.17. The maximum atomic E-state index is 5.75. The summed E-state index contributed by atoms with van der Waals surface area (Å²) in [5, 5.41) is 3.02. The van der Waals surface area contributed by atoms with Gasteiger partial charge in [-0.3, -0.25) is 0 Å². The van der Waals surface area contributed by atoms with E-state index in [2.05, 4.69) is 33.8 Å². The van der Waals surface area contributed by atoms with E-state index < -0.39 is 0 Å². The van der Waals surface area contributed by atoms with Gasteiger partial charge in [0.1, 0.15) is 0 Å². The highest BCUT2D eigenvalue weighted by atomic mass is 27.1. The molecule has 1 aliphatic heterocycles. The summed E-state index contributed by atoms with van der Waals surface area (Å²) < 4.78 is 27.6. The van der Waals surface area contributed by atoms with Gasteiger partial charge in [-0.2, -0.15) is 0 Å². The lowest BCUT2D eigenvalue weighted by Crippen LogP contribution is -2.10. The monoisotopic (exact) mass is 451 g/mol. The van der Waals surface area contributed by atoms with Crippen molar-refractivity contribution in [2.24, 2.45) is 0 Å². The average molecular weight is 452 g/mol. The largest absolute Gasteiger partial charge is 0.454 e. The highest BCUT2D eigenvalue weighted by Crippen LogP contribution is 2.35. The SMILES string of the molecule is CCCCOCCOCCOCc1cc2c(cc1CCC)OCO2.CC[CH2][Al][CH2]CC. The Morgan fingerprint density at radius 2 is 1.29 bits per heavy atom. The molecular formula is C25H44AlO5. The lowest BCUT2D eigenvalue weighted by atomic mass is 10.0. The van der Waals surface area contributed by atoms with Crippen molar-refractivity contribution in [2.75, 3.05) is 39.8 Å². The average Bonchev–Trinajstić information content (AvgIpc) is 3.23. The molecule has 1 heterocycles. The molecule has 0 amide bonds. The molecule has 0 saturated heterocycles. The quantitative estimate of drug-likeness (QED) is 0.213. The van der Waals surface area contributed by atoms with Gasteiger partial charge in [-0.05, 0) is 36.1 Å². The number of aryl methyl sites for hydroxylation is 1. The molecule has 0 saturated carbocycles. The second-order valence-corrected chi connectivity index (χ2v) is 9.45. The molecule has 0 unspecified atom stereocenters. The van der Waals surface area contributed by atoms with E-state index in [9.17, 15) is 0 Å².